The molecule has 74 valence electrons. The van der Waals surface area contributed by atoms with Gasteiger partial charge in [-0.15, -0.1) is 0 Å². The van der Waals surface area contributed by atoms with E-state index in [0.717, 1.165) is 31.9 Å². The molecule has 0 saturated carbocycles. The first-order valence-electron chi connectivity index (χ1n) is 5.42. The predicted molar refractivity (Wildman–Crippen MR) is 57.9 cm³/mol. The van der Waals surface area contributed by atoms with Crippen molar-refractivity contribution >= 4 is 6.08 Å². The molecule has 14 heavy (non-hydrogen) atoms. The van der Waals surface area contributed by atoms with Crippen molar-refractivity contribution in [3.63, 3.8) is 0 Å². The van der Waals surface area contributed by atoms with Crippen LogP contribution in [0.1, 0.15) is 6.93 Å². The van der Waals surface area contributed by atoms with E-state index in [9.17, 15) is 0 Å². The smallest absolute Gasteiger partial charge is 0.0814 e. The summed E-state index contributed by atoms with van der Waals surface area (Å²) >= 11 is 0. The van der Waals surface area contributed by atoms with Crippen LogP contribution in [0.3, 0.4) is 0 Å². The minimum absolute atomic E-state index is 0.574. The molecular weight excluding hydrogens is 174 g/mol. The maximum absolute atomic E-state index is 7.94. The molecular formula is C12H15NO. The minimum atomic E-state index is 0.574. The van der Waals surface area contributed by atoms with Gasteiger partial charge in [-0.25, -0.2) is 0 Å². The summed E-state index contributed by atoms with van der Waals surface area (Å²) in [6, 6.07) is 9.97. The Labute approximate surface area is 86.2 Å². The molecule has 0 aromatic heterocycles. The molecule has 0 spiro atoms. The fourth-order valence-corrected chi connectivity index (χ4v) is 1.41. The molecule has 1 aliphatic rings. The van der Waals surface area contributed by atoms with E-state index in [-0.39, 0.29) is 0 Å². The summed E-state index contributed by atoms with van der Waals surface area (Å²) in [5.74, 6) is 0. The fourth-order valence-electron chi connectivity index (χ4n) is 1.41. The van der Waals surface area contributed by atoms with Crippen LogP contribution in [0, 0.1) is 0 Å². The van der Waals surface area contributed by atoms with Crippen LogP contribution in [-0.4, -0.2) is 31.2 Å². The minimum Gasteiger partial charge on any atom is -0.378 e. The van der Waals surface area contributed by atoms with Gasteiger partial charge in [-0.1, -0.05) is 30.3 Å². The van der Waals surface area contributed by atoms with Gasteiger partial charge in [0.25, 0.3) is 0 Å². The quantitative estimate of drug-likeness (QED) is 0.707. The van der Waals surface area contributed by atoms with Gasteiger partial charge in [0.05, 0.1) is 14.6 Å². The normalized spacial score (nSPS) is 19.3. The Morgan fingerprint density at radius 2 is 1.93 bits per heavy atom. The molecule has 0 unspecified atom stereocenters. The number of ether oxygens (including phenoxy) is 1. The lowest BCUT2D eigenvalue weighted by Crippen LogP contribution is -2.31. The van der Waals surface area contributed by atoms with E-state index >= 15 is 0 Å². The van der Waals surface area contributed by atoms with E-state index in [1.165, 1.54) is 0 Å². The molecule has 0 N–H and O–H groups in total. The standard InChI is InChI=1S/C12H15NO/c1-2-4-12(5-3-1)6-7-13-8-10-14-11-9-13/h1-7H,8-11H2/b7-6+/i7D. The zero-order valence-corrected chi connectivity index (χ0v) is 8.15. The predicted octanol–water partition coefficient (Wildman–Crippen LogP) is 1.99. The molecule has 1 saturated heterocycles. The van der Waals surface area contributed by atoms with E-state index in [1.807, 2.05) is 41.3 Å². The van der Waals surface area contributed by atoms with Crippen molar-refractivity contribution in [1.29, 1.82) is 0 Å². The molecule has 1 aromatic carbocycles. The Morgan fingerprint density at radius 3 is 2.64 bits per heavy atom. The SMILES string of the molecule is [2H]/C(=C\c1ccccc1)N1CCOCC1. The molecule has 0 atom stereocenters. The van der Waals surface area contributed by atoms with Gasteiger partial charge < -0.3 is 9.64 Å². The highest BCUT2D eigenvalue weighted by Crippen LogP contribution is 2.04. The van der Waals surface area contributed by atoms with Crippen molar-refractivity contribution in [3.05, 3.63) is 42.1 Å². The molecule has 1 heterocycles. The van der Waals surface area contributed by atoms with Crippen LogP contribution in [0.15, 0.2) is 36.5 Å². The third kappa shape index (κ3) is 2.60. The topological polar surface area (TPSA) is 12.5 Å². The highest BCUT2D eigenvalue weighted by atomic mass is 16.5. The monoisotopic (exact) mass is 190 g/mol. The van der Waals surface area contributed by atoms with Gasteiger partial charge in [-0.3, -0.25) is 0 Å². The van der Waals surface area contributed by atoms with E-state index in [1.54, 1.807) is 0 Å². The van der Waals surface area contributed by atoms with Crippen LogP contribution in [0.2, 0.25) is 0 Å². The molecule has 1 fully saturated rings. The summed E-state index contributed by atoms with van der Waals surface area (Å²) in [6.07, 6.45) is 2.47. The maximum Gasteiger partial charge on any atom is 0.0814 e. The third-order valence-corrected chi connectivity index (χ3v) is 2.22. The molecule has 1 aromatic rings. The number of hydrogen-bond acceptors (Lipinski definition) is 2. The molecule has 0 radical (unpaired) electrons. The molecule has 0 aliphatic carbocycles. The molecule has 2 heteroatoms. The molecule has 0 bridgehead atoms. The Kier molecular flexibility index (Phi) is 2.77. The summed E-state index contributed by atoms with van der Waals surface area (Å²) < 4.78 is 13.2. The van der Waals surface area contributed by atoms with Gasteiger partial charge in [0.2, 0.25) is 0 Å². The van der Waals surface area contributed by atoms with Crippen LogP contribution >= 0.6 is 0 Å². The highest BCUT2D eigenvalue weighted by Gasteiger charge is 2.04. The third-order valence-electron chi connectivity index (χ3n) is 2.22. The number of nitrogens with zero attached hydrogens (tertiary/aromatic N) is 1. The molecule has 2 rings (SSSR count). The fraction of sp³-hybridized carbons (Fsp3) is 0.333. The maximum atomic E-state index is 7.94. The Balaban J connectivity index is 2.06. The Hall–Kier alpha value is -1.28. The van der Waals surface area contributed by atoms with Crippen LogP contribution in [0.25, 0.3) is 6.08 Å². The molecule has 0 amide bonds. The summed E-state index contributed by atoms with van der Waals surface area (Å²) in [7, 11) is 0. The van der Waals surface area contributed by atoms with E-state index in [4.69, 9.17) is 6.11 Å². The zero-order chi connectivity index (χ0) is 10.5. The van der Waals surface area contributed by atoms with E-state index in [0.29, 0.717) is 6.18 Å². The average molecular weight is 190 g/mol. The molecule has 2 nitrogen and oxygen atoms in total. The Bertz CT molecular complexity index is 331. The number of hydrogen-bond donors (Lipinski definition) is 0. The second-order valence-electron chi connectivity index (χ2n) is 3.28. The zero-order valence-electron chi connectivity index (χ0n) is 9.15. The van der Waals surface area contributed by atoms with Crippen molar-refractivity contribution in [1.82, 2.24) is 4.90 Å². The first-order chi connectivity index (χ1) is 7.36. The van der Waals surface area contributed by atoms with Gasteiger partial charge in [0.15, 0.2) is 0 Å². The van der Waals surface area contributed by atoms with Gasteiger partial charge >= 0.3 is 0 Å². The lowest BCUT2D eigenvalue weighted by atomic mass is 10.2. The van der Waals surface area contributed by atoms with Crippen LogP contribution in [0.4, 0.5) is 0 Å². The lowest BCUT2D eigenvalue weighted by Gasteiger charge is -2.24. The van der Waals surface area contributed by atoms with Crippen LogP contribution in [-0.2, 0) is 4.74 Å². The van der Waals surface area contributed by atoms with Crippen molar-refractivity contribution in [2.45, 2.75) is 0 Å². The summed E-state index contributed by atoms with van der Waals surface area (Å²) in [6.45, 7) is 3.10. The van der Waals surface area contributed by atoms with E-state index < -0.39 is 0 Å². The van der Waals surface area contributed by atoms with Gasteiger partial charge in [0.1, 0.15) is 0 Å². The van der Waals surface area contributed by atoms with Crippen molar-refractivity contribution < 1.29 is 6.11 Å². The summed E-state index contributed by atoms with van der Waals surface area (Å²) in [5, 5.41) is 0. The first-order valence-corrected chi connectivity index (χ1v) is 4.92. The van der Waals surface area contributed by atoms with Crippen LogP contribution in [0.5, 0.6) is 0 Å². The van der Waals surface area contributed by atoms with Crippen molar-refractivity contribution in [3.8, 4) is 0 Å². The summed E-state index contributed by atoms with van der Waals surface area (Å²) in [5.41, 5.74) is 1.08. The Morgan fingerprint density at radius 1 is 1.21 bits per heavy atom. The van der Waals surface area contributed by atoms with E-state index in [2.05, 4.69) is 0 Å². The van der Waals surface area contributed by atoms with Gasteiger partial charge in [-0.05, 0) is 17.8 Å². The van der Waals surface area contributed by atoms with Crippen molar-refractivity contribution in [2.75, 3.05) is 26.3 Å². The number of benzene rings is 1. The van der Waals surface area contributed by atoms with Gasteiger partial charge in [0, 0.05) is 13.1 Å². The second kappa shape index (κ2) is 4.82. The average Bonchev–Trinajstić information content (AvgIpc) is 2.31. The highest BCUT2D eigenvalue weighted by molar-refractivity contribution is 5.48. The molecule has 1 aliphatic heterocycles. The second-order valence-corrected chi connectivity index (χ2v) is 3.28. The van der Waals surface area contributed by atoms with Gasteiger partial charge in [-0.2, -0.15) is 0 Å². The lowest BCUT2D eigenvalue weighted by molar-refractivity contribution is 0.0597. The largest absolute Gasteiger partial charge is 0.378 e. The number of morpholine rings is 1. The number of rotatable bonds is 2. The summed E-state index contributed by atoms with van der Waals surface area (Å²) in [4.78, 5) is 2.04. The van der Waals surface area contributed by atoms with Crippen LogP contribution < -0.4 is 0 Å². The van der Waals surface area contributed by atoms with Crippen molar-refractivity contribution in [2.24, 2.45) is 0 Å². The first kappa shape index (κ1) is 8.06.